The first-order valence-electron chi connectivity index (χ1n) is 8.74. The van der Waals surface area contributed by atoms with Crippen LogP contribution in [0.15, 0.2) is 64.9 Å². The molecule has 0 atom stereocenters. The highest BCUT2D eigenvalue weighted by atomic mass is 32.2. The van der Waals surface area contributed by atoms with Crippen molar-refractivity contribution in [1.82, 2.24) is 4.90 Å². The van der Waals surface area contributed by atoms with E-state index in [9.17, 15) is 13.2 Å². The van der Waals surface area contributed by atoms with Gasteiger partial charge in [-0.3, -0.25) is 9.52 Å². The van der Waals surface area contributed by atoms with Crippen molar-refractivity contribution in [3.05, 3.63) is 81.5 Å². The van der Waals surface area contributed by atoms with Crippen molar-refractivity contribution in [3.8, 4) is 0 Å². The van der Waals surface area contributed by atoms with Crippen molar-refractivity contribution >= 4 is 33.0 Å². The van der Waals surface area contributed by atoms with Crippen molar-refractivity contribution < 1.29 is 13.2 Å². The standard InChI is InChI=1S/C21H22N2O3S2/c1-15-6-4-7-17(12-15)22-28(25,26)19-10-9-16(2)20(13-19)21(24)23(3)14-18-8-5-11-27-18/h4-13,22H,14H2,1-3H3. The normalized spacial score (nSPS) is 11.2. The average Bonchev–Trinajstić information content (AvgIpc) is 3.14. The highest BCUT2D eigenvalue weighted by Crippen LogP contribution is 2.22. The number of benzene rings is 2. The summed E-state index contributed by atoms with van der Waals surface area (Å²) in [5.74, 6) is -0.210. The molecule has 0 fully saturated rings. The predicted molar refractivity (Wildman–Crippen MR) is 113 cm³/mol. The molecular formula is C21H22N2O3S2. The molecule has 7 heteroatoms. The van der Waals surface area contributed by atoms with Gasteiger partial charge in [-0.05, 0) is 60.7 Å². The predicted octanol–water partition coefficient (Wildman–Crippen LogP) is 4.44. The minimum atomic E-state index is -3.80. The molecule has 0 bridgehead atoms. The molecule has 1 amide bonds. The van der Waals surface area contributed by atoms with Gasteiger partial charge in [-0.25, -0.2) is 8.42 Å². The van der Waals surface area contributed by atoms with Crippen molar-refractivity contribution in [2.45, 2.75) is 25.3 Å². The molecule has 1 aromatic heterocycles. The second-order valence-electron chi connectivity index (χ2n) is 6.69. The summed E-state index contributed by atoms with van der Waals surface area (Å²) in [4.78, 5) is 15.6. The second-order valence-corrected chi connectivity index (χ2v) is 9.41. The minimum Gasteiger partial charge on any atom is -0.337 e. The third kappa shape index (κ3) is 4.61. The van der Waals surface area contributed by atoms with Crippen LogP contribution in [0.3, 0.4) is 0 Å². The van der Waals surface area contributed by atoms with E-state index in [1.165, 1.54) is 12.1 Å². The average molecular weight is 415 g/mol. The van der Waals surface area contributed by atoms with Gasteiger partial charge in [0, 0.05) is 23.2 Å². The van der Waals surface area contributed by atoms with Gasteiger partial charge in [-0.1, -0.05) is 24.3 Å². The van der Waals surface area contributed by atoms with E-state index in [0.717, 1.165) is 16.0 Å². The number of nitrogens with zero attached hydrogens (tertiary/aromatic N) is 1. The number of sulfonamides is 1. The molecule has 146 valence electrons. The number of carbonyl (C=O) groups is 1. The minimum absolute atomic E-state index is 0.0625. The van der Waals surface area contributed by atoms with Gasteiger partial charge in [0.05, 0.1) is 11.4 Å². The zero-order valence-corrected chi connectivity index (χ0v) is 17.6. The van der Waals surface area contributed by atoms with Crippen LogP contribution in [0.4, 0.5) is 5.69 Å². The van der Waals surface area contributed by atoms with Crippen LogP contribution in [0.2, 0.25) is 0 Å². The number of thiophene rings is 1. The summed E-state index contributed by atoms with van der Waals surface area (Å²) in [5.41, 5.74) is 2.56. The van der Waals surface area contributed by atoms with Crippen LogP contribution in [0.25, 0.3) is 0 Å². The molecule has 1 heterocycles. The van der Waals surface area contributed by atoms with E-state index in [2.05, 4.69) is 4.72 Å². The molecule has 0 unspecified atom stereocenters. The Balaban J connectivity index is 1.86. The molecule has 0 aliphatic rings. The van der Waals surface area contributed by atoms with Crippen molar-refractivity contribution in [2.24, 2.45) is 0 Å². The van der Waals surface area contributed by atoms with Gasteiger partial charge < -0.3 is 4.90 Å². The molecule has 1 N–H and O–H groups in total. The first kappa shape index (κ1) is 20.1. The van der Waals surface area contributed by atoms with E-state index in [0.29, 0.717) is 17.8 Å². The lowest BCUT2D eigenvalue weighted by atomic mass is 10.1. The highest BCUT2D eigenvalue weighted by Gasteiger charge is 2.20. The number of nitrogens with one attached hydrogen (secondary N) is 1. The molecule has 2 aromatic carbocycles. The Morgan fingerprint density at radius 1 is 1.07 bits per heavy atom. The molecule has 3 aromatic rings. The maximum Gasteiger partial charge on any atom is 0.261 e. The van der Waals surface area contributed by atoms with E-state index in [1.807, 2.05) is 30.5 Å². The van der Waals surface area contributed by atoms with Crippen LogP contribution in [-0.2, 0) is 16.6 Å². The van der Waals surface area contributed by atoms with Crippen LogP contribution in [-0.4, -0.2) is 26.3 Å². The van der Waals surface area contributed by atoms with Gasteiger partial charge in [0.15, 0.2) is 0 Å². The summed E-state index contributed by atoms with van der Waals surface area (Å²) in [6.45, 7) is 4.18. The van der Waals surface area contributed by atoms with Crippen LogP contribution < -0.4 is 4.72 Å². The van der Waals surface area contributed by atoms with Gasteiger partial charge in [0.2, 0.25) is 0 Å². The highest BCUT2D eigenvalue weighted by molar-refractivity contribution is 7.92. The van der Waals surface area contributed by atoms with Crippen LogP contribution in [0.5, 0.6) is 0 Å². The van der Waals surface area contributed by atoms with Gasteiger partial charge >= 0.3 is 0 Å². The fourth-order valence-corrected chi connectivity index (χ4v) is 4.67. The Morgan fingerprint density at radius 2 is 1.86 bits per heavy atom. The van der Waals surface area contributed by atoms with Crippen LogP contribution in [0, 0.1) is 13.8 Å². The molecule has 0 aliphatic heterocycles. The zero-order valence-electron chi connectivity index (χ0n) is 16.0. The maximum absolute atomic E-state index is 12.9. The third-order valence-corrected chi connectivity index (χ3v) is 6.58. The topological polar surface area (TPSA) is 66.5 Å². The van der Waals surface area contributed by atoms with E-state index in [1.54, 1.807) is 54.5 Å². The molecule has 3 rings (SSSR count). The lowest BCUT2D eigenvalue weighted by Gasteiger charge is -2.18. The quantitative estimate of drug-likeness (QED) is 0.648. The van der Waals surface area contributed by atoms with E-state index < -0.39 is 10.0 Å². The molecule has 0 saturated carbocycles. The molecule has 0 radical (unpaired) electrons. The fraction of sp³-hybridized carbons (Fsp3) is 0.190. The summed E-state index contributed by atoms with van der Waals surface area (Å²) in [6.07, 6.45) is 0. The molecule has 5 nitrogen and oxygen atoms in total. The lowest BCUT2D eigenvalue weighted by molar-refractivity contribution is 0.0785. The number of hydrogen-bond acceptors (Lipinski definition) is 4. The van der Waals surface area contributed by atoms with Crippen LogP contribution in [0.1, 0.15) is 26.4 Å². The Bertz CT molecular complexity index is 1090. The monoisotopic (exact) mass is 414 g/mol. The maximum atomic E-state index is 12.9. The number of rotatable bonds is 6. The second kappa shape index (κ2) is 8.16. The van der Waals surface area contributed by atoms with Crippen molar-refractivity contribution in [1.29, 1.82) is 0 Å². The Morgan fingerprint density at radius 3 is 2.54 bits per heavy atom. The Labute approximate surface area is 169 Å². The van der Waals surface area contributed by atoms with Gasteiger partial charge in [0.25, 0.3) is 15.9 Å². The molecule has 0 aliphatic carbocycles. The van der Waals surface area contributed by atoms with Crippen molar-refractivity contribution in [3.63, 3.8) is 0 Å². The fourth-order valence-electron chi connectivity index (χ4n) is 2.84. The molecular weight excluding hydrogens is 392 g/mol. The smallest absolute Gasteiger partial charge is 0.261 e. The van der Waals surface area contributed by atoms with Crippen LogP contribution >= 0.6 is 11.3 Å². The van der Waals surface area contributed by atoms with Gasteiger partial charge in [0.1, 0.15) is 0 Å². The number of amides is 1. The molecule has 0 saturated heterocycles. The lowest BCUT2D eigenvalue weighted by Crippen LogP contribution is -2.27. The van der Waals surface area contributed by atoms with Crippen molar-refractivity contribution in [2.75, 3.05) is 11.8 Å². The number of aryl methyl sites for hydroxylation is 2. The van der Waals surface area contributed by atoms with E-state index >= 15 is 0 Å². The SMILES string of the molecule is Cc1cccc(NS(=O)(=O)c2ccc(C)c(C(=O)N(C)Cc3cccs3)c2)c1. The summed E-state index contributed by atoms with van der Waals surface area (Å²) in [7, 11) is -2.08. The third-order valence-electron chi connectivity index (χ3n) is 4.34. The number of carbonyl (C=O) groups excluding carboxylic acids is 1. The largest absolute Gasteiger partial charge is 0.337 e. The summed E-state index contributed by atoms with van der Waals surface area (Å²) >= 11 is 1.58. The Kier molecular flexibility index (Phi) is 5.86. The van der Waals surface area contributed by atoms with E-state index in [-0.39, 0.29) is 10.8 Å². The summed E-state index contributed by atoms with van der Waals surface area (Å²) in [6, 6.07) is 15.7. The number of anilines is 1. The summed E-state index contributed by atoms with van der Waals surface area (Å²) < 4.78 is 28.2. The van der Waals surface area contributed by atoms with E-state index in [4.69, 9.17) is 0 Å². The number of hydrogen-bond donors (Lipinski definition) is 1. The first-order chi connectivity index (χ1) is 13.3. The van der Waals surface area contributed by atoms with Gasteiger partial charge in [-0.2, -0.15) is 0 Å². The molecule has 28 heavy (non-hydrogen) atoms. The Hall–Kier alpha value is -2.64. The van der Waals surface area contributed by atoms with Gasteiger partial charge in [-0.15, -0.1) is 11.3 Å². The molecule has 0 spiro atoms. The summed E-state index contributed by atoms with van der Waals surface area (Å²) in [5, 5.41) is 1.96. The first-order valence-corrected chi connectivity index (χ1v) is 11.1. The zero-order chi connectivity index (χ0) is 20.3.